The van der Waals surface area contributed by atoms with Crippen molar-refractivity contribution in [2.75, 3.05) is 0 Å². The normalized spacial score (nSPS) is 11.5. The maximum atomic E-state index is 6.63. The van der Waals surface area contributed by atoms with Gasteiger partial charge in [-0.3, -0.25) is 0 Å². The first-order chi connectivity index (χ1) is 25.3. The van der Waals surface area contributed by atoms with Gasteiger partial charge >= 0.3 is 0 Å². The molecule has 0 radical (unpaired) electrons. The summed E-state index contributed by atoms with van der Waals surface area (Å²) in [6.45, 7) is 0. The lowest BCUT2D eigenvalue weighted by molar-refractivity contribution is 0.669. The van der Waals surface area contributed by atoms with Crippen molar-refractivity contribution in [3.8, 4) is 56.7 Å². The van der Waals surface area contributed by atoms with Crippen LogP contribution in [0, 0.1) is 0 Å². The predicted octanol–water partition coefficient (Wildman–Crippen LogP) is 11.8. The van der Waals surface area contributed by atoms with Crippen molar-refractivity contribution >= 4 is 43.5 Å². The van der Waals surface area contributed by atoms with Crippen LogP contribution in [0.15, 0.2) is 174 Å². The van der Waals surface area contributed by atoms with E-state index in [9.17, 15) is 0 Å². The highest BCUT2D eigenvalue weighted by atomic mass is 16.3. The van der Waals surface area contributed by atoms with E-state index >= 15 is 0 Å². The van der Waals surface area contributed by atoms with Gasteiger partial charge in [0.1, 0.15) is 11.2 Å². The summed E-state index contributed by atoms with van der Waals surface area (Å²) in [5.41, 5.74) is 8.18. The molecule has 0 aliphatic carbocycles. The number of aromatic nitrogens is 4. The number of furan rings is 1. The number of hydrogen-bond donors (Lipinski definition) is 0. The Balaban J connectivity index is 1.24. The molecule has 51 heavy (non-hydrogen) atoms. The Morgan fingerprint density at radius 2 is 0.863 bits per heavy atom. The molecule has 5 heteroatoms. The van der Waals surface area contributed by atoms with E-state index in [4.69, 9.17) is 24.4 Å². The fourth-order valence-electron chi connectivity index (χ4n) is 7.06. The van der Waals surface area contributed by atoms with Gasteiger partial charge < -0.3 is 4.42 Å². The van der Waals surface area contributed by atoms with Crippen molar-refractivity contribution in [3.05, 3.63) is 170 Å². The van der Waals surface area contributed by atoms with Crippen LogP contribution in [-0.4, -0.2) is 19.9 Å². The van der Waals surface area contributed by atoms with Crippen LogP contribution in [0.5, 0.6) is 0 Å². The second kappa shape index (κ2) is 11.9. The molecule has 3 aromatic heterocycles. The van der Waals surface area contributed by atoms with Crippen molar-refractivity contribution in [2.45, 2.75) is 0 Å². The van der Waals surface area contributed by atoms with Crippen molar-refractivity contribution in [3.63, 3.8) is 0 Å². The molecule has 0 spiro atoms. The van der Waals surface area contributed by atoms with Gasteiger partial charge in [-0.1, -0.05) is 146 Å². The van der Waals surface area contributed by atoms with Crippen LogP contribution < -0.4 is 0 Å². The van der Waals surface area contributed by atoms with E-state index in [1.54, 1.807) is 0 Å². The number of benzene rings is 7. The van der Waals surface area contributed by atoms with E-state index < -0.39 is 0 Å². The molecule has 10 aromatic rings. The molecule has 0 unspecified atom stereocenters. The minimum absolute atomic E-state index is 0.613. The SMILES string of the molecule is c1ccc(-c2cc3oc4cc5ccccc5cc4c3c(-c3ccc(-c4nc(-c5ccccc5)nc(-c5ccccc5)n4)c4ccccc34)n2)cc1. The van der Waals surface area contributed by atoms with Crippen molar-refractivity contribution in [2.24, 2.45) is 0 Å². The monoisotopic (exact) mass is 652 g/mol. The zero-order valence-corrected chi connectivity index (χ0v) is 27.4. The van der Waals surface area contributed by atoms with Gasteiger partial charge in [0.15, 0.2) is 17.5 Å². The van der Waals surface area contributed by atoms with Crippen molar-refractivity contribution < 1.29 is 4.42 Å². The lowest BCUT2D eigenvalue weighted by atomic mass is 9.94. The van der Waals surface area contributed by atoms with Gasteiger partial charge in [-0.2, -0.15) is 0 Å². The summed E-state index contributed by atoms with van der Waals surface area (Å²) < 4.78 is 6.63. The van der Waals surface area contributed by atoms with Gasteiger partial charge in [0.25, 0.3) is 0 Å². The molecule has 10 rings (SSSR count). The average molecular weight is 653 g/mol. The zero-order chi connectivity index (χ0) is 33.7. The van der Waals surface area contributed by atoms with E-state index in [0.29, 0.717) is 17.5 Å². The third kappa shape index (κ3) is 5.03. The van der Waals surface area contributed by atoms with E-state index in [1.807, 2.05) is 78.9 Å². The molecule has 238 valence electrons. The molecule has 7 aromatic carbocycles. The Hall–Kier alpha value is -6.98. The van der Waals surface area contributed by atoms with Gasteiger partial charge in [0, 0.05) is 39.3 Å². The first-order valence-corrected chi connectivity index (χ1v) is 17.0. The highest BCUT2D eigenvalue weighted by molar-refractivity contribution is 6.18. The molecule has 3 heterocycles. The van der Waals surface area contributed by atoms with Gasteiger partial charge in [-0.05, 0) is 39.7 Å². The minimum Gasteiger partial charge on any atom is -0.456 e. The highest BCUT2D eigenvalue weighted by Gasteiger charge is 2.21. The molecule has 0 atom stereocenters. The number of pyridine rings is 1. The minimum atomic E-state index is 0.613. The van der Waals surface area contributed by atoms with Crippen LogP contribution in [-0.2, 0) is 0 Å². The second-order valence-electron chi connectivity index (χ2n) is 12.6. The molecule has 0 saturated carbocycles. The van der Waals surface area contributed by atoms with E-state index in [2.05, 4.69) is 91.0 Å². The van der Waals surface area contributed by atoms with Crippen LogP contribution in [0.1, 0.15) is 0 Å². The average Bonchev–Trinajstić information content (AvgIpc) is 3.57. The van der Waals surface area contributed by atoms with Crippen LogP contribution in [0.25, 0.3) is 100 Å². The standard InChI is InChI=1S/C46H28N4O/c1-4-14-29(15-5-1)39-28-41-42(38-26-32-20-10-11-21-33(32)27-40(38)51-41)43(47-39)36-24-25-37(35-23-13-12-22-34(35)36)46-49-44(30-16-6-2-7-17-30)48-45(50-46)31-18-8-3-9-19-31/h1-28H. The third-order valence-corrected chi connectivity index (χ3v) is 9.51. The molecule has 0 saturated heterocycles. The summed E-state index contributed by atoms with van der Waals surface area (Å²) in [5.74, 6) is 1.87. The topological polar surface area (TPSA) is 64.7 Å². The molecular weight excluding hydrogens is 625 g/mol. The second-order valence-corrected chi connectivity index (χ2v) is 12.6. The number of rotatable bonds is 5. The molecule has 0 aliphatic rings. The summed E-state index contributed by atoms with van der Waals surface area (Å²) in [7, 11) is 0. The molecule has 0 bridgehead atoms. The zero-order valence-electron chi connectivity index (χ0n) is 27.4. The number of hydrogen-bond acceptors (Lipinski definition) is 5. The van der Waals surface area contributed by atoms with Gasteiger partial charge in [0.05, 0.1) is 16.8 Å². The largest absolute Gasteiger partial charge is 0.456 e. The van der Waals surface area contributed by atoms with Crippen LogP contribution in [0.2, 0.25) is 0 Å². The Bertz CT molecular complexity index is 2840. The predicted molar refractivity (Wildman–Crippen MR) is 207 cm³/mol. The van der Waals surface area contributed by atoms with E-state index in [1.165, 1.54) is 0 Å². The first-order valence-electron chi connectivity index (χ1n) is 17.0. The first kappa shape index (κ1) is 29.0. The summed E-state index contributed by atoms with van der Waals surface area (Å²) in [5, 5.41) is 6.40. The smallest absolute Gasteiger partial charge is 0.164 e. The molecule has 5 nitrogen and oxygen atoms in total. The summed E-state index contributed by atoms with van der Waals surface area (Å²) in [6.07, 6.45) is 0. The number of fused-ring (bicyclic) bond motifs is 5. The van der Waals surface area contributed by atoms with Crippen molar-refractivity contribution in [1.82, 2.24) is 19.9 Å². The highest BCUT2D eigenvalue weighted by Crippen LogP contribution is 2.43. The molecule has 0 amide bonds. The van der Waals surface area contributed by atoms with Gasteiger partial charge in [0.2, 0.25) is 0 Å². The van der Waals surface area contributed by atoms with Crippen LogP contribution >= 0.6 is 0 Å². The third-order valence-electron chi connectivity index (χ3n) is 9.51. The van der Waals surface area contributed by atoms with Crippen LogP contribution in [0.3, 0.4) is 0 Å². The van der Waals surface area contributed by atoms with E-state index in [0.717, 1.165) is 82.7 Å². The summed E-state index contributed by atoms with van der Waals surface area (Å²) in [6, 6.07) is 58.0. The fourth-order valence-corrected chi connectivity index (χ4v) is 7.06. The fraction of sp³-hybridized carbons (Fsp3) is 0. The Kier molecular flexibility index (Phi) is 6.74. The maximum absolute atomic E-state index is 6.63. The Morgan fingerprint density at radius 3 is 1.51 bits per heavy atom. The number of nitrogens with zero attached hydrogens (tertiary/aromatic N) is 4. The Morgan fingerprint density at radius 1 is 0.353 bits per heavy atom. The molecule has 0 aliphatic heterocycles. The lowest BCUT2D eigenvalue weighted by Crippen LogP contribution is -2.01. The van der Waals surface area contributed by atoms with Gasteiger partial charge in [-0.25, -0.2) is 19.9 Å². The quantitative estimate of drug-likeness (QED) is 0.185. The molecule has 0 fully saturated rings. The van der Waals surface area contributed by atoms with Crippen molar-refractivity contribution in [1.29, 1.82) is 0 Å². The van der Waals surface area contributed by atoms with E-state index in [-0.39, 0.29) is 0 Å². The summed E-state index contributed by atoms with van der Waals surface area (Å²) in [4.78, 5) is 20.5. The molecule has 0 N–H and O–H groups in total. The summed E-state index contributed by atoms with van der Waals surface area (Å²) >= 11 is 0. The van der Waals surface area contributed by atoms with Gasteiger partial charge in [-0.15, -0.1) is 0 Å². The lowest BCUT2D eigenvalue weighted by Gasteiger charge is -2.14. The molecular formula is C46H28N4O. The maximum Gasteiger partial charge on any atom is 0.164 e. The Labute approximate surface area is 293 Å². The van der Waals surface area contributed by atoms with Crippen LogP contribution in [0.4, 0.5) is 0 Å².